The summed E-state index contributed by atoms with van der Waals surface area (Å²) in [7, 11) is 0. The Kier molecular flexibility index (Phi) is 5.30. The van der Waals surface area contributed by atoms with Crippen molar-refractivity contribution in [3.05, 3.63) is 27.3 Å². The van der Waals surface area contributed by atoms with Gasteiger partial charge < -0.3 is 10.2 Å². The molecule has 1 N–H and O–H groups in total. The second kappa shape index (κ2) is 6.75. The number of rotatable bonds is 4. The molecule has 0 radical (unpaired) electrons. The summed E-state index contributed by atoms with van der Waals surface area (Å²) in [6.07, 6.45) is 3.84. The van der Waals surface area contributed by atoms with Crippen molar-refractivity contribution in [3.63, 3.8) is 0 Å². The maximum atomic E-state index is 3.66. The van der Waals surface area contributed by atoms with Crippen LogP contribution in [-0.2, 0) is 0 Å². The minimum Gasteiger partial charge on any atom is -0.370 e. The number of nitrogens with one attached hydrogen (secondary N) is 1. The van der Waals surface area contributed by atoms with Crippen LogP contribution < -0.4 is 10.2 Å². The first-order valence-electron chi connectivity index (χ1n) is 6.95. The molecule has 0 saturated carbocycles. The molecule has 0 amide bonds. The summed E-state index contributed by atoms with van der Waals surface area (Å²) in [6, 6.07) is 7.29. The van der Waals surface area contributed by atoms with Gasteiger partial charge in [-0.15, -0.1) is 0 Å². The minimum atomic E-state index is 0.663. The van der Waals surface area contributed by atoms with Crippen molar-refractivity contribution < 1.29 is 0 Å². The van der Waals surface area contributed by atoms with Gasteiger partial charge in [0.2, 0.25) is 0 Å². The van der Waals surface area contributed by atoms with Gasteiger partial charge in [0.1, 0.15) is 0 Å². The summed E-state index contributed by atoms with van der Waals surface area (Å²) in [5, 5.41) is 3.66. The summed E-state index contributed by atoms with van der Waals surface area (Å²) in [6.45, 7) is 7.97. The Morgan fingerprint density at radius 3 is 3.06 bits per heavy atom. The van der Waals surface area contributed by atoms with Crippen LogP contribution >= 0.6 is 22.6 Å². The standard InChI is InChI=1S/C15H23IN2/c1-3-9-17-13-6-5-10-18(11-13)15-8-4-7-14(16)12(15)2/h4,7-8,13,17H,3,5-6,9-11H2,1-2H3. The van der Waals surface area contributed by atoms with E-state index < -0.39 is 0 Å². The van der Waals surface area contributed by atoms with Gasteiger partial charge in [-0.05, 0) is 73.0 Å². The number of hydrogen-bond donors (Lipinski definition) is 1. The highest BCUT2D eigenvalue weighted by atomic mass is 127. The van der Waals surface area contributed by atoms with Crippen LogP contribution in [0, 0.1) is 10.5 Å². The Balaban J connectivity index is 2.06. The van der Waals surface area contributed by atoms with Crippen molar-refractivity contribution >= 4 is 28.3 Å². The van der Waals surface area contributed by atoms with Gasteiger partial charge in [0.05, 0.1) is 0 Å². The molecule has 1 atom stereocenters. The number of benzene rings is 1. The monoisotopic (exact) mass is 358 g/mol. The van der Waals surface area contributed by atoms with E-state index in [1.807, 2.05) is 0 Å². The Labute approximate surface area is 124 Å². The Hall–Kier alpha value is -0.290. The lowest BCUT2D eigenvalue weighted by Gasteiger charge is -2.36. The molecule has 1 aliphatic rings. The summed E-state index contributed by atoms with van der Waals surface area (Å²) in [5.41, 5.74) is 2.85. The average Bonchev–Trinajstić information content (AvgIpc) is 2.40. The summed E-state index contributed by atoms with van der Waals surface area (Å²) in [4.78, 5) is 2.55. The first-order chi connectivity index (χ1) is 8.72. The molecule has 1 saturated heterocycles. The molecule has 1 fully saturated rings. The van der Waals surface area contributed by atoms with Crippen molar-refractivity contribution in [2.45, 2.75) is 39.2 Å². The van der Waals surface area contributed by atoms with Crippen LogP contribution in [0.15, 0.2) is 18.2 Å². The van der Waals surface area contributed by atoms with E-state index in [0.717, 1.165) is 13.1 Å². The molecular weight excluding hydrogens is 335 g/mol. The van der Waals surface area contributed by atoms with E-state index in [4.69, 9.17) is 0 Å². The lowest BCUT2D eigenvalue weighted by molar-refractivity contribution is 0.423. The summed E-state index contributed by atoms with van der Waals surface area (Å²) >= 11 is 2.43. The third-order valence-electron chi connectivity index (χ3n) is 3.68. The Morgan fingerprint density at radius 2 is 2.28 bits per heavy atom. The Morgan fingerprint density at radius 1 is 1.44 bits per heavy atom. The SMILES string of the molecule is CCCNC1CCCN(c2cccc(I)c2C)C1. The smallest absolute Gasteiger partial charge is 0.0407 e. The highest BCUT2D eigenvalue weighted by Crippen LogP contribution is 2.26. The van der Waals surface area contributed by atoms with Crippen LogP contribution in [0.2, 0.25) is 0 Å². The molecule has 100 valence electrons. The van der Waals surface area contributed by atoms with Crippen molar-refractivity contribution in [1.29, 1.82) is 0 Å². The van der Waals surface area contributed by atoms with Crippen LogP contribution in [-0.4, -0.2) is 25.7 Å². The zero-order valence-corrected chi connectivity index (χ0v) is 13.5. The normalized spacial score (nSPS) is 20.2. The second-order valence-corrected chi connectivity index (χ2v) is 6.29. The van der Waals surface area contributed by atoms with E-state index in [-0.39, 0.29) is 0 Å². The molecule has 2 rings (SSSR count). The van der Waals surface area contributed by atoms with Crippen LogP contribution in [0.25, 0.3) is 0 Å². The zero-order chi connectivity index (χ0) is 13.0. The molecule has 3 heteroatoms. The average molecular weight is 358 g/mol. The predicted octanol–water partition coefficient (Wildman–Crippen LogP) is 3.57. The van der Waals surface area contributed by atoms with E-state index in [1.165, 1.54) is 40.6 Å². The molecule has 1 aromatic carbocycles. The number of halogens is 1. The largest absolute Gasteiger partial charge is 0.370 e. The van der Waals surface area contributed by atoms with E-state index >= 15 is 0 Å². The predicted molar refractivity (Wildman–Crippen MR) is 87.4 cm³/mol. The van der Waals surface area contributed by atoms with Gasteiger partial charge in [-0.3, -0.25) is 0 Å². The number of piperidine rings is 1. The molecule has 1 unspecified atom stereocenters. The molecular formula is C15H23IN2. The topological polar surface area (TPSA) is 15.3 Å². The summed E-state index contributed by atoms with van der Waals surface area (Å²) < 4.78 is 1.37. The van der Waals surface area contributed by atoms with Gasteiger partial charge in [-0.2, -0.15) is 0 Å². The molecule has 2 nitrogen and oxygen atoms in total. The highest BCUT2D eigenvalue weighted by molar-refractivity contribution is 14.1. The fourth-order valence-corrected chi connectivity index (χ4v) is 3.13. The van der Waals surface area contributed by atoms with E-state index in [9.17, 15) is 0 Å². The first kappa shape index (κ1) is 14.1. The van der Waals surface area contributed by atoms with Gasteiger partial charge in [-0.25, -0.2) is 0 Å². The van der Waals surface area contributed by atoms with Crippen LogP contribution in [0.4, 0.5) is 5.69 Å². The zero-order valence-electron chi connectivity index (χ0n) is 11.4. The van der Waals surface area contributed by atoms with Crippen molar-refractivity contribution in [3.8, 4) is 0 Å². The quantitative estimate of drug-likeness (QED) is 0.828. The molecule has 1 aliphatic heterocycles. The molecule has 1 aromatic rings. The molecule has 0 aliphatic carbocycles. The van der Waals surface area contributed by atoms with Gasteiger partial charge >= 0.3 is 0 Å². The lowest BCUT2D eigenvalue weighted by Crippen LogP contribution is -2.46. The molecule has 18 heavy (non-hydrogen) atoms. The fraction of sp³-hybridized carbons (Fsp3) is 0.600. The maximum Gasteiger partial charge on any atom is 0.0407 e. The van der Waals surface area contributed by atoms with E-state index in [2.05, 4.69) is 64.9 Å². The van der Waals surface area contributed by atoms with Crippen LogP contribution in [0.1, 0.15) is 31.7 Å². The van der Waals surface area contributed by atoms with Gasteiger partial charge in [0.15, 0.2) is 0 Å². The fourth-order valence-electron chi connectivity index (χ4n) is 2.65. The minimum absolute atomic E-state index is 0.663. The molecule has 0 aromatic heterocycles. The second-order valence-electron chi connectivity index (χ2n) is 5.12. The van der Waals surface area contributed by atoms with E-state index in [0.29, 0.717) is 6.04 Å². The molecule has 0 bridgehead atoms. The first-order valence-corrected chi connectivity index (χ1v) is 8.03. The third-order valence-corrected chi connectivity index (χ3v) is 4.85. The Bertz CT molecular complexity index is 392. The van der Waals surface area contributed by atoms with E-state index in [1.54, 1.807) is 0 Å². The van der Waals surface area contributed by atoms with Crippen LogP contribution in [0.3, 0.4) is 0 Å². The maximum absolute atomic E-state index is 3.66. The van der Waals surface area contributed by atoms with Crippen molar-refractivity contribution in [2.24, 2.45) is 0 Å². The molecule has 1 heterocycles. The van der Waals surface area contributed by atoms with Crippen molar-refractivity contribution in [2.75, 3.05) is 24.5 Å². The summed E-state index contributed by atoms with van der Waals surface area (Å²) in [5.74, 6) is 0. The number of nitrogens with zero attached hydrogens (tertiary/aromatic N) is 1. The lowest BCUT2D eigenvalue weighted by atomic mass is 10.0. The van der Waals surface area contributed by atoms with Gasteiger partial charge in [0, 0.05) is 28.4 Å². The number of anilines is 1. The van der Waals surface area contributed by atoms with Crippen LogP contribution in [0.5, 0.6) is 0 Å². The van der Waals surface area contributed by atoms with Crippen molar-refractivity contribution in [1.82, 2.24) is 5.32 Å². The highest BCUT2D eigenvalue weighted by Gasteiger charge is 2.20. The molecule has 0 spiro atoms. The van der Waals surface area contributed by atoms with Gasteiger partial charge in [0.25, 0.3) is 0 Å². The van der Waals surface area contributed by atoms with Gasteiger partial charge in [-0.1, -0.05) is 13.0 Å². The third kappa shape index (κ3) is 3.38. The number of hydrogen-bond acceptors (Lipinski definition) is 2.